The Morgan fingerprint density at radius 3 is 2.70 bits per heavy atom. The quantitative estimate of drug-likeness (QED) is 0.668. The van der Waals surface area contributed by atoms with Gasteiger partial charge in [0.05, 0.1) is 4.92 Å². The van der Waals surface area contributed by atoms with Crippen molar-refractivity contribution in [3.05, 3.63) is 33.9 Å². The predicted molar refractivity (Wildman–Crippen MR) is 72.6 cm³/mol. The first-order valence-electron chi connectivity index (χ1n) is 6.87. The van der Waals surface area contributed by atoms with Crippen LogP contribution in [-0.4, -0.2) is 11.5 Å². The van der Waals surface area contributed by atoms with Gasteiger partial charge in [-0.25, -0.2) is 8.78 Å². The van der Waals surface area contributed by atoms with Crippen LogP contribution in [0.25, 0.3) is 0 Å². The van der Waals surface area contributed by atoms with Gasteiger partial charge in [-0.1, -0.05) is 26.2 Å². The minimum Gasteiger partial charge on any atom is -0.377 e. The Bertz CT molecular complexity index is 508. The van der Waals surface area contributed by atoms with Crippen molar-refractivity contribution < 1.29 is 13.7 Å². The molecular weight excluding hydrogens is 266 g/mol. The van der Waals surface area contributed by atoms with Gasteiger partial charge in [0, 0.05) is 12.6 Å². The van der Waals surface area contributed by atoms with E-state index in [9.17, 15) is 18.9 Å². The van der Waals surface area contributed by atoms with E-state index in [1.54, 1.807) is 0 Å². The monoisotopic (exact) mass is 284 g/mol. The Kier molecular flexibility index (Phi) is 4.52. The van der Waals surface area contributed by atoms with Gasteiger partial charge in [-0.3, -0.25) is 10.1 Å². The molecule has 2 rings (SSSR count). The average molecular weight is 284 g/mol. The molecule has 1 fully saturated rings. The van der Waals surface area contributed by atoms with Gasteiger partial charge in [0.1, 0.15) is 0 Å². The molecule has 1 aliphatic carbocycles. The lowest BCUT2D eigenvalue weighted by Gasteiger charge is -2.29. The normalized spacial score (nSPS) is 22.6. The highest BCUT2D eigenvalue weighted by Gasteiger charge is 2.25. The summed E-state index contributed by atoms with van der Waals surface area (Å²) in [5.74, 6) is -1.42. The van der Waals surface area contributed by atoms with Crippen LogP contribution in [0.15, 0.2) is 12.1 Å². The Morgan fingerprint density at radius 1 is 1.35 bits per heavy atom. The molecule has 110 valence electrons. The lowest BCUT2D eigenvalue weighted by atomic mass is 9.80. The number of rotatable bonds is 4. The number of benzene rings is 1. The Morgan fingerprint density at radius 2 is 2.05 bits per heavy atom. The largest absolute Gasteiger partial charge is 0.377 e. The van der Waals surface area contributed by atoms with Crippen LogP contribution in [0.4, 0.5) is 20.2 Å². The van der Waals surface area contributed by atoms with Crippen LogP contribution >= 0.6 is 0 Å². The Labute approximate surface area is 116 Å². The summed E-state index contributed by atoms with van der Waals surface area (Å²) in [5, 5.41) is 13.6. The third kappa shape index (κ3) is 3.05. The molecule has 4 nitrogen and oxygen atoms in total. The minimum atomic E-state index is -1.18. The van der Waals surface area contributed by atoms with Gasteiger partial charge in [0.15, 0.2) is 17.3 Å². The first kappa shape index (κ1) is 14.7. The second-order valence-corrected chi connectivity index (χ2v) is 5.42. The van der Waals surface area contributed by atoms with Gasteiger partial charge in [-0.2, -0.15) is 0 Å². The smallest absolute Gasteiger partial charge is 0.295 e. The molecule has 1 aliphatic rings. The molecule has 1 aromatic rings. The maximum Gasteiger partial charge on any atom is 0.295 e. The third-order valence-electron chi connectivity index (χ3n) is 4.10. The second kappa shape index (κ2) is 6.15. The topological polar surface area (TPSA) is 55.2 Å². The van der Waals surface area contributed by atoms with E-state index in [-0.39, 0.29) is 5.69 Å². The van der Waals surface area contributed by atoms with Crippen LogP contribution in [0.5, 0.6) is 0 Å². The lowest BCUT2D eigenvalue weighted by molar-refractivity contribution is -0.384. The Balaban J connectivity index is 2.15. The molecule has 0 amide bonds. The van der Waals surface area contributed by atoms with Crippen molar-refractivity contribution in [1.82, 2.24) is 0 Å². The zero-order valence-electron chi connectivity index (χ0n) is 11.4. The highest BCUT2D eigenvalue weighted by Crippen LogP contribution is 2.33. The molecule has 0 aliphatic heterocycles. The van der Waals surface area contributed by atoms with E-state index in [1.807, 2.05) is 0 Å². The van der Waals surface area contributed by atoms with E-state index >= 15 is 0 Å². The van der Waals surface area contributed by atoms with Crippen LogP contribution in [-0.2, 0) is 0 Å². The molecule has 0 aromatic heterocycles. The first-order valence-corrected chi connectivity index (χ1v) is 6.87. The van der Waals surface area contributed by atoms with Crippen molar-refractivity contribution in [2.75, 3.05) is 11.9 Å². The molecule has 6 heteroatoms. The van der Waals surface area contributed by atoms with Gasteiger partial charge in [-0.05, 0) is 24.3 Å². The molecule has 0 spiro atoms. The highest BCUT2D eigenvalue weighted by atomic mass is 19.2. The summed E-state index contributed by atoms with van der Waals surface area (Å²) in [5.41, 5.74) is -0.764. The van der Waals surface area contributed by atoms with Crippen LogP contribution < -0.4 is 5.32 Å². The van der Waals surface area contributed by atoms with Crippen LogP contribution in [0, 0.1) is 33.6 Å². The molecule has 2 atom stereocenters. The number of nitro benzene ring substituents is 1. The summed E-state index contributed by atoms with van der Waals surface area (Å²) >= 11 is 0. The third-order valence-corrected chi connectivity index (χ3v) is 4.10. The summed E-state index contributed by atoms with van der Waals surface area (Å²) in [4.78, 5) is 10.2. The summed E-state index contributed by atoms with van der Waals surface area (Å²) in [6.45, 7) is 2.56. The number of anilines is 1. The van der Waals surface area contributed by atoms with E-state index < -0.39 is 22.2 Å². The Hall–Kier alpha value is -1.72. The fourth-order valence-corrected chi connectivity index (χ4v) is 2.79. The lowest BCUT2D eigenvalue weighted by Crippen LogP contribution is -2.25. The van der Waals surface area contributed by atoms with Crippen molar-refractivity contribution in [3.63, 3.8) is 0 Å². The van der Waals surface area contributed by atoms with Gasteiger partial charge in [0.2, 0.25) is 0 Å². The maximum absolute atomic E-state index is 13.7. The van der Waals surface area contributed by atoms with Crippen LogP contribution in [0.2, 0.25) is 0 Å². The number of hydrogen-bond donors (Lipinski definition) is 1. The summed E-state index contributed by atoms with van der Waals surface area (Å²) in [7, 11) is 0. The molecule has 1 saturated carbocycles. The number of hydrogen-bond acceptors (Lipinski definition) is 3. The number of halogens is 2. The standard InChI is InChI=1S/C14H18F2N2O2/c1-9-4-2-3-5-10(9)8-17-14-12(18(19)20)7-6-11(15)13(14)16/h6-7,9-10,17H,2-5,8H2,1H3. The van der Waals surface area contributed by atoms with Crippen molar-refractivity contribution in [2.45, 2.75) is 32.6 Å². The zero-order chi connectivity index (χ0) is 14.7. The van der Waals surface area contributed by atoms with Crippen LogP contribution in [0.3, 0.4) is 0 Å². The predicted octanol–water partition coefficient (Wildman–Crippen LogP) is 4.11. The number of nitrogens with one attached hydrogen (secondary N) is 1. The van der Waals surface area contributed by atoms with Crippen molar-refractivity contribution in [1.29, 1.82) is 0 Å². The minimum absolute atomic E-state index is 0.339. The van der Waals surface area contributed by atoms with Gasteiger partial charge < -0.3 is 5.32 Å². The first-order chi connectivity index (χ1) is 9.50. The maximum atomic E-state index is 13.7. The zero-order valence-corrected chi connectivity index (χ0v) is 11.4. The molecule has 0 saturated heterocycles. The molecule has 20 heavy (non-hydrogen) atoms. The van der Waals surface area contributed by atoms with Crippen LogP contribution in [0.1, 0.15) is 32.6 Å². The van der Waals surface area contributed by atoms with Gasteiger partial charge in [-0.15, -0.1) is 0 Å². The summed E-state index contributed by atoms with van der Waals surface area (Å²) in [6.07, 6.45) is 4.43. The van der Waals surface area contributed by atoms with E-state index in [2.05, 4.69) is 12.2 Å². The fraction of sp³-hybridized carbons (Fsp3) is 0.571. The van der Waals surface area contributed by atoms with Crippen molar-refractivity contribution in [2.24, 2.45) is 11.8 Å². The molecular formula is C14H18F2N2O2. The second-order valence-electron chi connectivity index (χ2n) is 5.42. The SMILES string of the molecule is CC1CCCCC1CNc1c([N+](=O)[O-])ccc(F)c1F. The van der Waals surface area contributed by atoms with E-state index in [0.29, 0.717) is 18.4 Å². The molecule has 2 unspecified atom stereocenters. The highest BCUT2D eigenvalue weighted by molar-refractivity contribution is 5.62. The molecule has 1 aromatic carbocycles. The molecule has 1 N–H and O–H groups in total. The summed E-state index contributed by atoms with van der Waals surface area (Å²) < 4.78 is 27.0. The number of nitro groups is 1. The van der Waals surface area contributed by atoms with E-state index in [4.69, 9.17) is 0 Å². The summed E-state index contributed by atoms with van der Waals surface area (Å²) in [6, 6.07) is 1.77. The average Bonchev–Trinajstić information content (AvgIpc) is 2.41. The molecule has 0 radical (unpaired) electrons. The fourth-order valence-electron chi connectivity index (χ4n) is 2.79. The van der Waals surface area contributed by atoms with E-state index in [0.717, 1.165) is 31.4 Å². The molecule has 0 heterocycles. The van der Waals surface area contributed by atoms with Gasteiger partial charge >= 0.3 is 0 Å². The van der Waals surface area contributed by atoms with Gasteiger partial charge in [0.25, 0.3) is 5.69 Å². The van der Waals surface area contributed by atoms with E-state index in [1.165, 1.54) is 6.42 Å². The molecule has 0 bridgehead atoms. The van der Waals surface area contributed by atoms with Crippen molar-refractivity contribution >= 4 is 11.4 Å². The number of nitrogens with zero attached hydrogens (tertiary/aromatic N) is 1. The van der Waals surface area contributed by atoms with Crippen molar-refractivity contribution in [3.8, 4) is 0 Å².